The smallest absolute Gasteiger partial charge is 0.131 e. The van der Waals surface area contributed by atoms with Gasteiger partial charge < -0.3 is 4.90 Å². The SMILES string of the molecule is Cc1nn(C)c(Cl)c1CN(Cc1cccnc1)CC1CCN(C2CCCC2)CC1. The molecule has 3 heterocycles. The second-order valence-electron chi connectivity index (χ2n) is 8.93. The van der Waals surface area contributed by atoms with Gasteiger partial charge in [-0.15, -0.1) is 0 Å². The molecule has 158 valence electrons. The highest BCUT2D eigenvalue weighted by atomic mass is 35.5. The second kappa shape index (κ2) is 9.59. The van der Waals surface area contributed by atoms with E-state index in [-0.39, 0.29) is 0 Å². The summed E-state index contributed by atoms with van der Waals surface area (Å²) < 4.78 is 1.79. The van der Waals surface area contributed by atoms with Gasteiger partial charge in [-0.25, -0.2) is 0 Å². The van der Waals surface area contributed by atoms with Gasteiger partial charge in [-0.2, -0.15) is 5.10 Å². The van der Waals surface area contributed by atoms with E-state index in [0.717, 1.165) is 48.0 Å². The van der Waals surface area contributed by atoms with Crippen LogP contribution in [0.25, 0.3) is 0 Å². The molecule has 29 heavy (non-hydrogen) atoms. The van der Waals surface area contributed by atoms with E-state index < -0.39 is 0 Å². The van der Waals surface area contributed by atoms with Gasteiger partial charge in [-0.05, 0) is 63.2 Å². The van der Waals surface area contributed by atoms with Gasteiger partial charge in [0.25, 0.3) is 0 Å². The number of nitrogens with zero attached hydrogens (tertiary/aromatic N) is 5. The van der Waals surface area contributed by atoms with Crippen molar-refractivity contribution in [1.29, 1.82) is 0 Å². The average Bonchev–Trinajstić information content (AvgIpc) is 3.34. The van der Waals surface area contributed by atoms with Crippen molar-refractivity contribution < 1.29 is 0 Å². The Labute approximate surface area is 180 Å². The molecule has 2 aromatic heterocycles. The highest BCUT2D eigenvalue weighted by molar-refractivity contribution is 6.30. The van der Waals surface area contributed by atoms with Gasteiger partial charge in [0, 0.05) is 50.7 Å². The highest BCUT2D eigenvalue weighted by Gasteiger charge is 2.28. The fourth-order valence-corrected chi connectivity index (χ4v) is 5.38. The van der Waals surface area contributed by atoms with Crippen molar-refractivity contribution in [2.24, 2.45) is 13.0 Å². The van der Waals surface area contributed by atoms with Crippen LogP contribution in [0.3, 0.4) is 0 Å². The fraction of sp³-hybridized carbons (Fsp3) is 0.652. The molecule has 4 rings (SSSR count). The van der Waals surface area contributed by atoms with E-state index in [1.54, 1.807) is 4.68 Å². The van der Waals surface area contributed by atoms with Crippen LogP contribution in [0.2, 0.25) is 5.15 Å². The minimum Gasteiger partial charge on any atom is -0.300 e. The fourth-order valence-electron chi connectivity index (χ4n) is 5.15. The van der Waals surface area contributed by atoms with Crippen LogP contribution < -0.4 is 0 Å². The first-order chi connectivity index (χ1) is 14.1. The van der Waals surface area contributed by atoms with Crippen molar-refractivity contribution >= 4 is 11.6 Å². The molecule has 2 fully saturated rings. The van der Waals surface area contributed by atoms with Crippen molar-refractivity contribution in [3.63, 3.8) is 0 Å². The van der Waals surface area contributed by atoms with Gasteiger partial charge in [-0.1, -0.05) is 30.5 Å². The molecular formula is C23H34ClN5. The Kier molecular flexibility index (Phi) is 6.88. The molecule has 1 aliphatic carbocycles. The summed E-state index contributed by atoms with van der Waals surface area (Å²) in [5, 5.41) is 5.27. The topological polar surface area (TPSA) is 37.2 Å². The molecule has 2 aliphatic rings. The number of hydrogen-bond acceptors (Lipinski definition) is 4. The minimum atomic E-state index is 0.750. The van der Waals surface area contributed by atoms with Crippen LogP contribution in [0.5, 0.6) is 0 Å². The van der Waals surface area contributed by atoms with Gasteiger partial charge in [0.15, 0.2) is 0 Å². The third-order valence-electron chi connectivity index (χ3n) is 6.79. The normalized spacial score (nSPS) is 19.4. The Balaban J connectivity index is 1.41. The maximum absolute atomic E-state index is 6.55. The molecule has 0 spiro atoms. The van der Waals surface area contributed by atoms with Gasteiger partial charge in [0.2, 0.25) is 0 Å². The molecule has 1 aliphatic heterocycles. The molecule has 0 radical (unpaired) electrons. The van der Waals surface area contributed by atoms with Crippen molar-refractivity contribution in [2.75, 3.05) is 19.6 Å². The van der Waals surface area contributed by atoms with E-state index in [1.165, 1.54) is 57.2 Å². The van der Waals surface area contributed by atoms with E-state index in [4.69, 9.17) is 11.6 Å². The number of aromatic nitrogens is 3. The number of likely N-dealkylation sites (tertiary alicyclic amines) is 1. The number of aryl methyl sites for hydroxylation is 2. The molecule has 1 saturated carbocycles. The standard InChI is InChI=1S/C23H34ClN5/c1-18-22(23(24)27(2)26-18)17-28(16-20-6-5-11-25-14-20)15-19-9-12-29(13-10-19)21-7-3-4-8-21/h5-6,11,14,19,21H,3-4,7-10,12-13,15-17H2,1-2H3. The molecule has 0 N–H and O–H groups in total. The van der Waals surface area contributed by atoms with E-state index in [9.17, 15) is 0 Å². The summed E-state index contributed by atoms with van der Waals surface area (Å²) in [5.74, 6) is 0.750. The number of rotatable bonds is 7. The summed E-state index contributed by atoms with van der Waals surface area (Å²) >= 11 is 6.55. The predicted octanol–water partition coefficient (Wildman–Crippen LogP) is 4.43. The Hall–Kier alpha value is -1.43. The zero-order valence-corrected chi connectivity index (χ0v) is 18.6. The van der Waals surface area contributed by atoms with E-state index >= 15 is 0 Å². The van der Waals surface area contributed by atoms with Crippen molar-refractivity contribution in [2.45, 2.75) is 64.6 Å². The first-order valence-corrected chi connectivity index (χ1v) is 11.5. The average molecular weight is 416 g/mol. The zero-order valence-electron chi connectivity index (χ0n) is 17.9. The first kappa shape index (κ1) is 20.8. The first-order valence-electron chi connectivity index (χ1n) is 11.1. The van der Waals surface area contributed by atoms with Crippen molar-refractivity contribution in [3.8, 4) is 0 Å². The lowest BCUT2D eigenvalue weighted by molar-refractivity contribution is 0.106. The third-order valence-corrected chi connectivity index (χ3v) is 7.26. The van der Waals surface area contributed by atoms with Gasteiger partial charge >= 0.3 is 0 Å². The van der Waals surface area contributed by atoms with Crippen LogP contribution in [0, 0.1) is 12.8 Å². The zero-order chi connectivity index (χ0) is 20.2. The maximum atomic E-state index is 6.55. The predicted molar refractivity (Wildman–Crippen MR) is 118 cm³/mol. The highest BCUT2D eigenvalue weighted by Crippen LogP contribution is 2.29. The Morgan fingerprint density at radius 2 is 1.90 bits per heavy atom. The second-order valence-corrected chi connectivity index (χ2v) is 9.28. The minimum absolute atomic E-state index is 0.750. The van der Waals surface area contributed by atoms with E-state index in [0.29, 0.717) is 0 Å². The summed E-state index contributed by atoms with van der Waals surface area (Å²) in [5.41, 5.74) is 3.44. The quantitative estimate of drug-likeness (QED) is 0.670. The number of piperidine rings is 1. The van der Waals surface area contributed by atoms with Crippen molar-refractivity contribution in [3.05, 3.63) is 46.5 Å². The molecule has 0 atom stereocenters. The van der Waals surface area contributed by atoms with Crippen LogP contribution in [0.4, 0.5) is 0 Å². The molecule has 0 amide bonds. The van der Waals surface area contributed by atoms with E-state index in [1.807, 2.05) is 25.5 Å². The van der Waals surface area contributed by atoms with Gasteiger partial charge in [-0.3, -0.25) is 14.6 Å². The molecule has 0 bridgehead atoms. The number of hydrogen-bond donors (Lipinski definition) is 0. The monoisotopic (exact) mass is 415 g/mol. The molecule has 2 aromatic rings. The number of pyridine rings is 1. The molecule has 0 aromatic carbocycles. The van der Waals surface area contributed by atoms with Crippen LogP contribution in [0.15, 0.2) is 24.5 Å². The molecule has 1 saturated heterocycles. The van der Waals surface area contributed by atoms with Crippen LogP contribution in [-0.4, -0.2) is 50.2 Å². The summed E-state index contributed by atoms with van der Waals surface area (Å²) in [6.07, 6.45) is 12.1. The summed E-state index contributed by atoms with van der Waals surface area (Å²) in [7, 11) is 1.92. The molecular weight excluding hydrogens is 382 g/mol. The number of halogens is 1. The van der Waals surface area contributed by atoms with Gasteiger partial charge in [0.1, 0.15) is 5.15 Å². The lowest BCUT2D eigenvalue weighted by Crippen LogP contribution is -2.42. The van der Waals surface area contributed by atoms with Crippen molar-refractivity contribution in [1.82, 2.24) is 24.6 Å². The van der Waals surface area contributed by atoms with Crippen LogP contribution in [0.1, 0.15) is 55.3 Å². The molecule has 5 nitrogen and oxygen atoms in total. The Morgan fingerprint density at radius 1 is 1.14 bits per heavy atom. The lowest BCUT2D eigenvalue weighted by Gasteiger charge is -2.38. The lowest BCUT2D eigenvalue weighted by atomic mass is 9.94. The Bertz CT molecular complexity index is 776. The van der Waals surface area contributed by atoms with Crippen LogP contribution in [-0.2, 0) is 20.1 Å². The van der Waals surface area contributed by atoms with E-state index in [2.05, 4.69) is 32.9 Å². The molecule has 0 unspecified atom stereocenters. The van der Waals surface area contributed by atoms with Gasteiger partial charge in [0.05, 0.1) is 5.69 Å². The largest absolute Gasteiger partial charge is 0.300 e. The molecule has 6 heteroatoms. The summed E-state index contributed by atoms with van der Waals surface area (Å²) in [6.45, 7) is 7.45. The van der Waals surface area contributed by atoms with Crippen LogP contribution >= 0.6 is 11.6 Å². The third kappa shape index (κ3) is 5.19. The summed E-state index contributed by atoms with van der Waals surface area (Å²) in [4.78, 5) is 9.61. The Morgan fingerprint density at radius 3 is 2.52 bits per heavy atom. The maximum Gasteiger partial charge on any atom is 0.131 e. The summed E-state index contributed by atoms with van der Waals surface area (Å²) in [6, 6.07) is 5.05.